The van der Waals surface area contributed by atoms with Crippen LogP contribution >= 0.6 is 0 Å². The lowest BCUT2D eigenvalue weighted by Crippen LogP contribution is -2.54. The van der Waals surface area contributed by atoms with Crippen molar-refractivity contribution in [2.45, 2.75) is 63.8 Å². The minimum atomic E-state index is -0.438. The molecule has 1 unspecified atom stereocenters. The van der Waals surface area contributed by atoms with Gasteiger partial charge in [0.2, 0.25) is 0 Å². The number of hydrogen-bond acceptors (Lipinski definition) is 3. The van der Waals surface area contributed by atoms with Crippen LogP contribution in [0.3, 0.4) is 0 Å². The molecule has 1 spiro atoms. The second-order valence-corrected chi connectivity index (χ2v) is 7.15. The van der Waals surface area contributed by atoms with Gasteiger partial charge in [-0.15, -0.1) is 0 Å². The summed E-state index contributed by atoms with van der Waals surface area (Å²) in [6.45, 7) is 6.54. The second kappa shape index (κ2) is 3.59. The molecule has 2 aliphatic carbocycles. The van der Waals surface area contributed by atoms with E-state index in [0.717, 1.165) is 31.3 Å². The molecule has 2 bridgehead atoms. The molecular formula is C15H24O3. The van der Waals surface area contributed by atoms with Gasteiger partial charge in [-0.1, -0.05) is 13.0 Å². The molecule has 0 amide bonds. The SMILES string of the molecule is CC1(C)O[C@]23C[C@H]1CC[C@]2(C)CC(O)C=C3CO. The van der Waals surface area contributed by atoms with Crippen LogP contribution in [0.15, 0.2) is 11.6 Å². The van der Waals surface area contributed by atoms with Gasteiger partial charge >= 0.3 is 0 Å². The Hall–Kier alpha value is -0.380. The fraction of sp³-hybridized carbons (Fsp3) is 0.867. The maximum Gasteiger partial charge on any atom is 0.0979 e. The molecule has 0 radical (unpaired) electrons. The minimum Gasteiger partial charge on any atom is -0.392 e. The van der Waals surface area contributed by atoms with Gasteiger partial charge in [-0.25, -0.2) is 0 Å². The zero-order valence-corrected chi connectivity index (χ0v) is 11.6. The first-order valence-electron chi connectivity index (χ1n) is 7.03. The molecule has 0 aromatic carbocycles. The molecule has 102 valence electrons. The molecule has 3 rings (SSSR count). The highest BCUT2D eigenvalue weighted by Gasteiger charge is 2.65. The smallest absolute Gasteiger partial charge is 0.0979 e. The number of fused-ring (bicyclic) bond motifs is 1. The molecule has 1 saturated heterocycles. The van der Waals surface area contributed by atoms with Crippen molar-refractivity contribution in [1.29, 1.82) is 0 Å². The fourth-order valence-electron chi connectivity index (χ4n) is 4.60. The number of hydrogen-bond donors (Lipinski definition) is 2. The third-order valence-electron chi connectivity index (χ3n) is 5.72. The first kappa shape index (κ1) is 12.6. The van der Waals surface area contributed by atoms with E-state index in [1.54, 1.807) is 0 Å². The number of ether oxygens (including phenoxy) is 1. The topological polar surface area (TPSA) is 49.7 Å². The highest BCUT2D eigenvalue weighted by Crippen LogP contribution is 2.64. The van der Waals surface area contributed by atoms with Crippen molar-refractivity contribution in [3.8, 4) is 0 Å². The minimum absolute atomic E-state index is 0.00451. The molecular weight excluding hydrogens is 228 g/mol. The van der Waals surface area contributed by atoms with Crippen LogP contribution in [0.1, 0.15) is 46.5 Å². The maximum atomic E-state index is 10.0. The van der Waals surface area contributed by atoms with Gasteiger partial charge in [0.05, 0.1) is 23.9 Å². The first-order valence-corrected chi connectivity index (χ1v) is 7.03. The Bertz CT molecular complexity index is 401. The Labute approximate surface area is 109 Å². The highest BCUT2D eigenvalue weighted by molar-refractivity contribution is 5.33. The summed E-state index contributed by atoms with van der Waals surface area (Å²) in [5.41, 5.74) is 0.407. The van der Waals surface area contributed by atoms with Gasteiger partial charge in [0.25, 0.3) is 0 Å². The van der Waals surface area contributed by atoms with Gasteiger partial charge in [0.1, 0.15) is 0 Å². The Kier molecular flexibility index (Phi) is 2.52. The van der Waals surface area contributed by atoms with E-state index >= 15 is 0 Å². The third-order valence-corrected chi connectivity index (χ3v) is 5.72. The van der Waals surface area contributed by atoms with E-state index in [2.05, 4.69) is 20.8 Å². The summed E-state index contributed by atoms with van der Waals surface area (Å²) in [6.07, 6.45) is 5.37. The van der Waals surface area contributed by atoms with Crippen molar-refractivity contribution in [3.63, 3.8) is 0 Å². The molecule has 2 N–H and O–H groups in total. The van der Waals surface area contributed by atoms with Crippen molar-refractivity contribution >= 4 is 0 Å². The summed E-state index contributed by atoms with van der Waals surface area (Å²) < 4.78 is 6.48. The number of rotatable bonds is 1. The van der Waals surface area contributed by atoms with E-state index in [9.17, 15) is 10.2 Å². The van der Waals surface area contributed by atoms with Gasteiger partial charge in [-0.05, 0) is 51.0 Å². The molecule has 2 fully saturated rings. The molecule has 0 aromatic heterocycles. The summed E-state index contributed by atoms with van der Waals surface area (Å²) in [6, 6.07) is 0. The van der Waals surface area contributed by atoms with E-state index in [4.69, 9.17) is 4.74 Å². The Morgan fingerprint density at radius 3 is 2.72 bits per heavy atom. The maximum absolute atomic E-state index is 10.0. The third kappa shape index (κ3) is 1.41. The Morgan fingerprint density at radius 2 is 2.06 bits per heavy atom. The van der Waals surface area contributed by atoms with Crippen LogP contribution in [0, 0.1) is 11.3 Å². The van der Waals surface area contributed by atoms with Gasteiger partial charge in [-0.2, -0.15) is 0 Å². The van der Waals surface area contributed by atoms with E-state index in [0.29, 0.717) is 5.92 Å². The van der Waals surface area contributed by atoms with Crippen LogP contribution in [-0.2, 0) is 4.74 Å². The fourth-order valence-corrected chi connectivity index (χ4v) is 4.60. The van der Waals surface area contributed by atoms with Crippen molar-refractivity contribution in [2.24, 2.45) is 11.3 Å². The molecule has 3 aliphatic rings. The summed E-state index contributed by atoms with van der Waals surface area (Å²) in [7, 11) is 0. The normalized spacial score (nSPS) is 49.7. The van der Waals surface area contributed by atoms with Gasteiger partial charge < -0.3 is 14.9 Å². The predicted molar refractivity (Wildman–Crippen MR) is 69.1 cm³/mol. The predicted octanol–water partition coefficient (Wildman–Crippen LogP) is 2.02. The van der Waals surface area contributed by atoms with Crippen molar-refractivity contribution in [2.75, 3.05) is 6.61 Å². The molecule has 3 nitrogen and oxygen atoms in total. The van der Waals surface area contributed by atoms with Crippen LogP contribution < -0.4 is 0 Å². The lowest BCUT2D eigenvalue weighted by atomic mass is 9.55. The zero-order valence-electron chi connectivity index (χ0n) is 11.6. The monoisotopic (exact) mass is 252 g/mol. The molecule has 1 heterocycles. The zero-order chi connectivity index (χ0) is 13.2. The van der Waals surface area contributed by atoms with Crippen molar-refractivity contribution in [1.82, 2.24) is 0 Å². The Balaban J connectivity index is 2.11. The largest absolute Gasteiger partial charge is 0.392 e. The van der Waals surface area contributed by atoms with Crippen LogP contribution in [0.25, 0.3) is 0 Å². The van der Waals surface area contributed by atoms with Crippen LogP contribution in [0.2, 0.25) is 0 Å². The molecule has 1 saturated carbocycles. The summed E-state index contributed by atoms with van der Waals surface area (Å²) >= 11 is 0. The van der Waals surface area contributed by atoms with Gasteiger partial charge in [0.15, 0.2) is 0 Å². The quantitative estimate of drug-likeness (QED) is 0.702. The average molecular weight is 252 g/mol. The standard InChI is InChI=1S/C15H24O3/c1-13(2)10-4-5-14(3)8-12(17)6-11(9-16)15(14,7-10)18-13/h6,10,12,16-17H,4-5,7-9H2,1-3H3/t10-,12?,14-,15+/m1/s1. The lowest BCUT2D eigenvalue weighted by Gasteiger charge is -2.53. The molecule has 18 heavy (non-hydrogen) atoms. The van der Waals surface area contributed by atoms with E-state index in [1.807, 2.05) is 6.08 Å². The van der Waals surface area contributed by atoms with Crippen LogP contribution in [-0.4, -0.2) is 34.1 Å². The molecule has 1 aliphatic heterocycles. The molecule has 4 atom stereocenters. The van der Waals surface area contributed by atoms with Crippen molar-refractivity contribution < 1.29 is 14.9 Å². The second-order valence-electron chi connectivity index (χ2n) is 7.15. The first-order chi connectivity index (χ1) is 8.33. The Morgan fingerprint density at radius 1 is 1.33 bits per heavy atom. The number of aliphatic hydroxyl groups is 2. The van der Waals surface area contributed by atoms with Crippen LogP contribution in [0.4, 0.5) is 0 Å². The average Bonchev–Trinajstić information content (AvgIpc) is 2.50. The summed E-state index contributed by atoms with van der Waals surface area (Å²) in [5, 5.41) is 19.7. The summed E-state index contributed by atoms with van der Waals surface area (Å²) in [5.74, 6) is 0.566. The molecule has 3 heteroatoms. The lowest BCUT2D eigenvalue weighted by molar-refractivity contribution is -0.143. The highest BCUT2D eigenvalue weighted by atomic mass is 16.5. The number of aliphatic hydroxyl groups excluding tert-OH is 2. The summed E-state index contributed by atoms with van der Waals surface area (Å²) in [4.78, 5) is 0. The van der Waals surface area contributed by atoms with Crippen LogP contribution in [0.5, 0.6) is 0 Å². The molecule has 0 aromatic rings. The van der Waals surface area contributed by atoms with Gasteiger partial charge in [-0.3, -0.25) is 0 Å². The van der Waals surface area contributed by atoms with Gasteiger partial charge in [0, 0.05) is 5.41 Å². The van der Waals surface area contributed by atoms with E-state index < -0.39 is 6.10 Å². The van der Waals surface area contributed by atoms with Crippen molar-refractivity contribution in [3.05, 3.63) is 11.6 Å². The van der Waals surface area contributed by atoms with E-state index in [1.165, 1.54) is 0 Å². The van der Waals surface area contributed by atoms with E-state index in [-0.39, 0.29) is 23.2 Å².